The Kier molecular flexibility index (Phi) is 8.63. The van der Waals surface area contributed by atoms with Gasteiger partial charge in [-0.15, -0.1) is 0 Å². The molecular formula is C23H39N5O3. The number of aliphatic imine (C=N–C) groups is 1. The smallest absolute Gasteiger partial charge is 0.409 e. The molecule has 8 nitrogen and oxygen atoms in total. The molecule has 1 aromatic rings. The van der Waals surface area contributed by atoms with Crippen molar-refractivity contribution < 1.29 is 13.9 Å². The largest absolute Gasteiger partial charge is 0.469 e. The number of nitrogens with one attached hydrogen (secondary N) is 2. The molecule has 2 aliphatic rings. The Morgan fingerprint density at radius 1 is 1.29 bits per heavy atom. The van der Waals surface area contributed by atoms with E-state index in [9.17, 15) is 4.79 Å². The second kappa shape index (κ2) is 11.4. The second-order valence-electron chi connectivity index (χ2n) is 8.94. The summed E-state index contributed by atoms with van der Waals surface area (Å²) in [4.78, 5) is 21.1. The van der Waals surface area contributed by atoms with Crippen LogP contribution in [0.4, 0.5) is 4.79 Å². The fourth-order valence-corrected chi connectivity index (χ4v) is 4.27. The molecule has 0 bridgehead atoms. The van der Waals surface area contributed by atoms with Crippen molar-refractivity contribution in [3.63, 3.8) is 0 Å². The first-order chi connectivity index (χ1) is 15.0. The van der Waals surface area contributed by atoms with Crippen LogP contribution in [0.1, 0.15) is 46.3 Å². The molecule has 2 fully saturated rings. The SMILES string of the molecule is CCOC(=O)N1CCC(NC(=NCCc2ccco2)NC2CN(C(C)C)CC2C)CC1. The zero-order chi connectivity index (χ0) is 22.2. The minimum absolute atomic E-state index is 0.208. The van der Waals surface area contributed by atoms with Gasteiger partial charge in [0.05, 0.1) is 12.9 Å². The van der Waals surface area contributed by atoms with Gasteiger partial charge in [-0.25, -0.2) is 4.79 Å². The summed E-state index contributed by atoms with van der Waals surface area (Å²) in [6.45, 7) is 13.3. The Labute approximate surface area is 186 Å². The molecule has 8 heteroatoms. The summed E-state index contributed by atoms with van der Waals surface area (Å²) in [6, 6.07) is 5.11. The second-order valence-corrected chi connectivity index (χ2v) is 8.94. The molecule has 2 aliphatic heterocycles. The maximum absolute atomic E-state index is 12.0. The van der Waals surface area contributed by atoms with Crippen LogP contribution < -0.4 is 10.6 Å². The highest BCUT2D eigenvalue weighted by Crippen LogP contribution is 2.19. The minimum atomic E-state index is -0.208. The lowest BCUT2D eigenvalue weighted by Crippen LogP contribution is -2.53. The van der Waals surface area contributed by atoms with Gasteiger partial charge < -0.3 is 24.7 Å². The van der Waals surface area contributed by atoms with Crippen LogP contribution in [-0.2, 0) is 11.2 Å². The summed E-state index contributed by atoms with van der Waals surface area (Å²) >= 11 is 0. The standard InChI is InChI=1S/C23H39N5O3/c1-5-30-23(29)27-12-9-19(10-13-27)25-22(24-11-8-20-7-6-14-31-20)26-21-16-28(17(2)3)15-18(21)4/h6-7,14,17-19,21H,5,8-13,15-16H2,1-4H3,(H2,24,25,26). The van der Waals surface area contributed by atoms with Crippen molar-refractivity contribution in [2.45, 2.75) is 65.1 Å². The van der Waals surface area contributed by atoms with Gasteiger partial charge in [-0.2, -0.15) is 0 Å². The number of rotatable bonds is 7. The zero-order valence-electron chi connectivity index (χ0n) is 19.5. The van der Waals surface area contributed by atoms with Crippen molar-refractivity contribution in [3.05, 3.63) is 24.2 Å². The van der Waals surface area contributed by atoms with E-state index in [0.717, 1.165) is 44.1 Å². The number of hydrogen-bond acceptors (Lipinski definition) is 5. The Morgan fingerprint density at radius 2 is 2.06 bits per heavy atom. The first kappa shape index (κ1) is 23.4. The molecule has 2 saturated heterocycles. The van der Waals surface area contributed by atoms with Crippen molar-refractivity contribution in [2.24, 2.45) is 10.9 Å². The molecule has 2 unspecified atom stereocenters. The molecule has 2 N–H and O–H groups in total. The summed E-state index contributed by atoms with van der Waals surface area (Å²) in [6.07, 6.45) is 4.04. The zero-order valence-corrected chi connectivity index (χ0v) is 19.5. The molecule has 0 spiro atoms. The van der Waals surface area contributed by atoms with Gasteiger partial charge in [-0.1, -0.05) is 6.92 Å². The highest BCUT2D eigenvalue weighted by molar-refractivity contribution is 5.80. The maximum atomic E-state index is 12.0. The lowest BCUT2D eigenvalue weighted by atomic mass is 10.1. The summed E-state index contributed by atoms with van der Waals surface area (Å²) in [7, 11) is 0. The molecular weight excluding hydrogens is 394 g/mol. The number of carbonyl (C=O) groups is 1. The molecule has 0 saturated carbocycles. The molecule has 1 amide bonds. The third-order valence-corrected chi connectivity index (χ3v) is 6.26. The summed E-state index contributed by atoms with van der Waals surface area (Å²) in [5, 5.41) is 7.32. The van der Waals surface area contributed by atoms with Crippen LogP contribution in [0.2, 0.25) is 0 Å². The van der Waals surface area contributed by atoms with Crippen LogP contribution >= 0.6 is 0 Å². The molecule has 174 valence electrons. The fourth-order valence-electron chi connectivity index (χ4n) is 4.27. The highest BCUT2D eigenvalue weighted by Gasteiger charge is 2.32. The van der Waals surface area contributed by atoms with Gasteiger partial charge in [0.2, 0.25) is 0 Å². The van der Waals surface area contributed by atoms with Gasteiger partial charge in [0.15, 0.2) is 5.96 Å². The number of likely N-dealkylation sites (tertiary alicyclic amines) is 2. The lowest BCUT2D eigenvalue weighted by Gasteiger charge is -2.33. The average Bonchev–Trinajstić information content (AvgIpc) is 3.39. The van der Waals surface area contributed by atoms with E-state index in [1.165, 1.54) is 0 Å². The predicted octanol–water partition coefficient (Wildman–Crippen LogP) is 2.71. The van der Waals surface area contributed by atoms with E-state index in [1.807, 2.05) is 19.1 Å². The molecule has 0 radical (unpaired) electrons. The van der Waals surface area contributed by atoms with Gasteiger partial charge in [0, 0.05) is 57.3 Å². The maximum Gasteiger partial charge on any atom is 0.409 e. The Bertz CT molecular complexity index is 698. The normalized spacial score (nSPS) is 23.4. The van der Waals surface area contributed by atoms with Crippen molar-refractivity contribution in [1.29, 1.82) is 0 Å². The number of piperidine rings is 1. The van der Waals surface area contributed by atoms with E-state index in [4.69, 9.17) is 14.1 Å². The van der Waals surface area contributed by atoms with Crippen LogP contribution in [0.15, 0.2) is 27.8 Å². The third-order valence-electron chi connectivity index (χ3n) is 6.26. The quantitative estimate of drug-likeness (QED) is 0.508. The average molecular weight is 434 g/mol. The number of amides is 1. The molecule has 1 aromatic heterocycles. The first-order valence-electron chi connectivity index (χ1n) is 11.7. The van der Waals surface area contributed by atoms with Crippen LogP contribution in [0, 0.1) is 5.92 Å². The van der Waals surface area contributed by atoms with E-state index < -0.39 is 0 Å². The van der Waals surface area contributed by atoms with Crippen molar-refractivity contribution in [3.8, 4) is 0 Å². The fraction of sp³-hybridized carbons (Fsp3) is 0.739. The van der Waals surface area contributed by atoms with E-state index in [0.29, 0.717) is 50.3 Å². The van der Waals surface area contributed by atoms with Gasteiger partial charge in [-0.3, -0.25) is 9.89 Å². The summed E-state index contributed by atoms with van der Waals surface area (Å²) in [5.41, 5.74) is 0. The number of ether oxygens (including phenoxy) is 1. The number of carbonyl (C=O) groups excluding carboxylic acids is 1. The molecule has 31 heavy (non-hydrogen) atoms. The number of nitrogens with zero attached hydrogens (tertiary/aromatic N) is 3. The van der Waals surface area contributed by atoms with E-state index >= 15 is 0 Å². The van der Waals surface area contributed by atoms with Gasteiger partial charge in [0.25, 0.3) is 0 Å². The number of furan rings is 1. The monoisotopic (exact) mass is 433 g/mol. The molecule has 3 heterocycles. The Hall–Kier alpha value is -2.22. The van der Waals surface area contributed by atoms with Gasteiger partial charge in [-0.05, 0) is 51.7 Å². The Morgan fingerprint density at radius 3 is 2.68 bits per heavy atom. The third kappa shape index (κ3) is 6.89. The first-order valence-corrected chi connectivity index (χ1v) is 11.7. The van der Waals surface area contributed by atoms with E-state index in [2.05, 4.69) is 36.3 Å². The number of guanidine groups is 1. The van der Waals surface area contributed by atoms with E-state index in [-0.39, 0.29) is 6.09 Å². The van der Waals surface area contributed by atoms with Crippen LogP contribution in [0.3, 0.4) is 0 Å². The van der Waals surface area contributed by atoms with Crippen LogP contribution in [0.25, 0.3) is 0 Å². The predicted molar refractivity (Wildman–Crippen MR) is 122 cm³/mol. The summed E-state index contributed by atoms with van der Waals surface area (Å²) in [5.74, 6) is 2.37. The van der Waals surface area contributed by atoms with Gasteiger partial charge >= 0.3 is 6.09 Å². The Balaban J connectivity index is 1.57. The minimum Gasteiger partial charge on any atom is -0.469 e. The van der Waals surface area contributed by atoms with Crippen LogP contribution in [0.5, 0.6) is 0 Å². The molecule has 3 rings (SSSR count). The van der Waals surface area contributed by atoms with Crippen molar-refractivity contribution in [2.75, 3.05) is 39.3 Å². The summed E-state index contributed by atoms with van der Waals surface area (Å²) < 4.78 is 10.6. The topological polar surface area (TPSA) is 82.3 Å². The highest BCUT2D eigenvalue weighted by atomic mass is 16.6. The lowest BCUT2D eigenvalue weighted by molar-refractivity contribution is 0.0963. The molecule has 2 atom stereocenters. The van der Waals surface area contributed by atoms with Crippen molar-refractivity contribution in [1.82, 2.24) is 20.4 Å². The van der Waals surface area contributed by atoms with E-state index in [1.54, 1.807) is 11.2 Å². The van der Waals surface area contributed by atoms with Crippen molar-refractivity contribution >= 4 is 12.1 Å². The van der Waals surface area contributed by atoms with Gasteiger partial charge in [0.1, 0.15) is 5.76 Å². The molecule has 0 aliphatic carbocycles. The number of hydrogen-bond donors (Lipinski definition) is 2. The molecule has 0 aromatic carbocycles. The van der Waals surface area contributed by atoms with Crippen LogP contribution in [-0.4, -0.2) is 79.3 Å².